The number of benzene rings is 2. The highest BCUT2D eigenvalue weighted by atomic mass is 32.2. The lowest BCUT2D eigenvalue weighted by molar-refractivity contribution is 0.512. The molecule has 0 saturated carbocycles. The van der Waals surface area contributed by atoms with Gasteiger partial charge in [0.05, 0.1) is 4.90 Å². The average molecular weight is 357 g/mol. The molecule has 0 aliphatic heterocycles. The van der Waals surface area contributed by atoms with E-state index in [4.69, 9.17) is 0 Å². The van der Waals surface area contributed by atoms with Gasteiger partial charge >= 0.3 is 0 Å². The van der Waals surface area contributed by atoms with E-state index in [1.54, 1.807) is 36.4 Å². The Kier molecular flexibility index (Phi) is 4.29. The Balaban J connectivity index is 2.06. The lowest BCUT2D eigenvalue weighted by Gasteiger charge is -2.26. The number of sulfonamides is 1. The molecule has 0 aromatic heterocycles. The Bertz CT molecular complexity index is 975. The van der Waals surface area contributed by atoms with Crippen molar-refractivity contribution in [3.63, 3.8) is 0 Å². The first kappa shape index (κ1) is 17.4. The van der Waals surface area contributed by atoms with Crippen LogP contribution in [0.25, 0.3) is 6.08 Å². The molecule has 3 nitrogen and oxygen atoms in total. The summed E-state index contributed by atoms with van der Waals surface area (Å²) in [4.78, 5) is 0.226. The fourth-order valence-corrected chi connectivity index (χ4v) is 4.36. The number of allylic oxidation sites excluding steroid dienone is 1. The molecule has 0 saturated heterocycles. The Morgan fingerprint density at radius 2 is 1.80 bits per heavy atom. The topological polar surface area (TPSA) is 37.4 Å². The molecule has 2 aromatic rings. The summed E-state index contributed by atoms with van der Waals surface area (Å²) < 4.78 is 40.9. The molecule has 1 atom stereocenters. The molecule has 1 aliphatic carbocycles. The second kappa shape index (κ2) is 6.15. The summed E-state index contributed by atoms with van der Waals surface area (Å²) in [5.41, 5.74) is 3.89. The van der Waals surface area contributed by atoms with Gasteiger partial charge in [0.1, 0.15) is 5.82 Å². The standard InChI is InChI=1S/C20H20FNO2S/c1-13(2)20-18-12-16(21)8-7-15(18)11-19(20)22(4)25(23,24)17-9-5-14(3)6-10-17/h5-12,20H,1H2,2-4H3. The van der Waals surface area contributed by atoms with E-state index in [0.29, 0.717) is 5.70 Å². The van der Waals surface area contributed by atoms with Gasteiger partial charge in [-0.05, 0) is 55.3 Å². The van der Waals surface area contributed by atoms with Crippen LogP contribution in [0.2, 0.25) is 0 Å². The van der Waals surface area contributed by atoms with Gasteiger partial charge in [0, 0.05) is 18.7 Å². The smallest absolute Gasteiger partial charge is 0.263 e. The van der Waals surface area contributed by atoms with Crippen LogP contribution in [0.1, 0.15) is 29.5 Å². The summed E-state index contributed by atoms with van der Waals surface area (Å²) in [6.45, 7) is 7.71. The van der Waals surface area contributed by atoms with Gasteiger partial charge in [-0.15, -0.1) is 0 Å². The molecule has 0 heterocycles. The monoisotopic (exact) mass is 357 g/mol. The number of likely N-dealkylation sites (N-methyl/N-ethyl adjacent to an activating group) is 1. The second-order valence-electron chi connectivity index (χ2n) is 6.41. The number of fused-ring (bicyclic) bond motifs is 1. The number of nitrogens with zero attached hydrogens (tertiary/aromatic N) is 1. The first-order valence-corrected chi connectivity index (χ1v) is 9.38. The Labute approximate surface area is 148 Å². The SMILES string of the molecule is C=C(C)C1C(N(C)S(=O)(=O)c2ccc(C)cc2)=Cc2ccc(F)cc21. The predicted molar refractivity (Wildman–Crippen MR) is 98.1 cm³/mol. The Morgan fingerprint density at radius 3 is 2.40 bits per heavy atom. The van der Waals surface area contributed by atoms with Crippen molar-refractivity contribution in [2.45, 2.75) is 24.7 Å². The molecule has 3 rings (SSSR count). The summed E-state index contributed by atoms with van der Waals surface area (Å²) in [6, 6.07) is 11.2. The Morgan fingerprint density at radius 1 is 1.16 bits per heavy atom. The zero-order chi connectivity index (χ0) is 18.4. The molecule has 130 valence electrons. The summed E-state index contributed by atoms with van der Waals surface area (Å²) in [7, 11) is -2.18. The van der Waals surface area contributed by atoms with Crippen molar-refractivity contribution in [1.29, 1.82) is 0 Å². The summed E-state index contributed by atoms with van der Waals surface area (Å²) in [5.74, 6) is -0.695. The summed E-state index contributed by atoms with van der Waals surface area (Å²) in [6.07, 6.45) is 1.79. The summed E-state index contributed by atoms with van der Waals surface area (Å²) >= 11 is 0. The maximum atomic E-state index is 13.7. The van der Waals surface area contributed by atoms with E-state index in [0.717, 1.165) is 22.3 Å². The molecule has 0 N–H and O–H groups in total. The molecule has 0 bridgehead atoms. The highest BCUT2D eigenvalue weighted by Gasteiger charge is 2.33. The lowest BCUT2D eigenvalue weighted by atomic mass is 9.93. The van der Waals surface area contributed by atoms with E-state index in [1.807, 2.05) is 13.8 Å². The molecule has 1 aliphatic rings. The van der Waals surface area contributed by atoms with Gasteiger partial charge in [-0.25, -0.2) is 12.8 Å². The molecule has 25 heavy (non-hydrogen) atoms. The average Bonchev–Trinajstić information content (AvgIpc) is 2.93. The van der Waals surface area contributed by atoms with E-state index in [-0.39, 0.29) is 16.6 Å². The van der Waals surface area contributed by atoms with Crippen LogP contribution in [-0.2, 0) is 10.0 Å². The van der Waals surface area contributed by atoms with Gasteiger partial charge in [0.25, 0.3) is 10.0 Å². The normalized spacial score (nSPS) is 16.3. The van der Waals surface area contributed by atoms with Gasteiger partial charge in [-0.3, -0.25) is 4.31 Å². The quantitative estimate of drug-likeness (QED) is 0.757. The third-order valence-electron chi connectivity index (χ3n) is 4.49. The van der Waals surface area contributed by atoms with Crippen molar-refractivity contribution in [2.75, 3.05) is 7.05 Å². The van der Waals surface area contributed by atoms with Gasteiger partial charge in [0.15, 0.2) is 0 Å². The summed E-state index contributed by atoms with van der Waals surface area (Å²) in [5, 5.41) is 0. The third kappa shape index (κ3) is 3.00. The first-order chi connectivity index (χ1) is 11.7. The van der Waals surface area contributed by atoms with Crippen LogP contribution in [0.5, 0.6) is 0 Å². The molecular weight excluding hydrogens is 337 g/mol. The van der Waals surface area contributed by atoms with Gasteiger partial charge in [0.2, 0.25) is 0 Å². The lowest BCUT2D eigenvalue weighted by Crippen LogP contribution is -2.28. The highest BCUT2D eigenvalue weighted by molar-refractivity contribution is 7.89. The van der Waals surface area contributed by atoms with Crippen LogP contribution in [0, 0.1) is 12.7 Å². The number of hydrogen-bond acceptors (Lipinski definition) is 2. The Hall–Kier alpha value is -2.40. The third-order valence-corrected chi connectivity index (χ3v) is 6.29. The molecule has 0 spiro atoms. The van der Waals surface area contributed by atoms with Crippen LogP contribution < -0.4 is 0 Å². The molecule has 5 heteroatoms. The second-order valence-corrected chi connectivity index (χ2v) is 8.38. The van der Waals surface area contributed by atoms with Gasteiger partial charge < -0.3 is 0 Å². The van der Waals surface area contributed by atoms with Crippen molar-refractivity contribution in [1.82, 2.24) is 4.31 Å². The van der Waals surface area contributed by atoms with Crippen LogP contribution >= 0.6 is 0 Å². The largest absolute Gasteiger partial charge is 0.272 e. The maximum Gasteiger partial charge on any atom is 0.263 e. The minimum atomic E-state index is -3.70. The number of rotatable bonds is 4. The van der Waals surface area contributed by atoms with E-state index in [2.05, 4.69) is 6.58 Å². The van der Waals surface area contributed by atoms with Crippen molar-refractivity contribution in [3.8, 4) is 0 Å². The van der Waals surface area contributed by atoms with Crippen LogP contribution in [0.3, 0.4) is 0 Å². The minimum Gasteiger partial charge on any atom is -0.272 e. The molecule has 0 radical (unpaired) electrons. The number of halogens is 1. The van der Waals surface area contributed by atoms with E-state index >= 15 is 0 Å². The predicted octanol–water partition coefficient (Wildman–Crippen LogP) is 4.47. The highest BCUT2D eigenvalue weighted by Crippen LogP contribution is 2.43. The van der Waals surface area contributed by atoms with Gasteiger partial charge in [-0.1, -0.05) is 35.9 Å². The van der Waals surface area contributed by atoms with E-state index in [9.17, 15) is 12.8 Å². The van der Waals surface area contributed by atoms with Crippen LogP contribution in [0.4, 0.5) is 4.39 Å². The first-order valence-electron chi connectivity index (χ1n) is 7.94. The van der Waals surface area contributed by atoms with Crippen LogP contribution in [-0.4, -0.2) is 19.8 Å². The van der Waals surface area contributed by atoms with Crippen LogP contribution in [0.15, 0.2) is 65.2 Å². The van der Waals surface area contributed by atoms with Crippen molar-refractivity contribution < 1.29 is 12.8 Å². The zero-order valence-electron chi connectivity index (χ0n) is 14.5. The van der Waals surface area contributed by atoms with E-state index < -0.39 is 10.0 Å². The number of aryl methyl sites for hydroxylation is 1. The molecule has 1 unspecified atom stereocenters. The fourth-order valence-electron chi connectivity index (χ4n) is 3.13. The van der Waals surface area contributed by atoms with Gasteiger partial charge in [-0.2, -0.15) is 0 Å². The minimum absolute atomic E-state index is 0.226. The maximum absolute atomic E-state index is 13.7. The molecule has 0 amide bonds. The molecule has 2 aromatic carbocycles. The van der Waals surface area contributed by atoms with Crippen molar-refractivity contribution in [3.05, 3.63) is 82.8 Å². The van der Waals surface area contributed by atoms with Crippen molar-refractivity contribution >= 4 is 16.1 Å². The van der Waals surface area contributed by atoms with Crippen molar-refractivity contribution in [2.24, 2.45) is 0 Å². The fraction of sp³-hybridized carbons (Fsp3) is 0.200. The zero-order valence-corrected chi connectivity index (χ0v) is 15.3. The molecular formula is C20H20FNO2S. The molecule has 0 fully saturated rings. The number of hydrogen-bond donors (Lipinski definition) is 0. The van der Waals surface area contributed by atoms with E-state index in [1.165, 1.54) is 23.5 Å².